The van der Waals surface area contributed by atoms with E-state index >= 15 is 8.78 Å². The number of hydrogen-bond acceptors (Lipinski definition) is 11. The number of fused-ring (bicyclic) bond motifs is 5. The molecule has 9 rings (SSSR count). The number of phenols is 1. The van der Waals surface area contributed by atoms with E-state index in [1.165, 1.54) is 30.5 Å². The Morgan fingerprint density at radius 2 is 1.82 bits per heavy atom. The molecule has 2 aromatic carbocycles. The van der Waals surface area contributed by atoms with Crippen LogP contribution in [0.4, 0.5) is 23.8 Å². The number of nitrogens with zero attached hydrogens (tertiary/aromatic N) is 6. The number of halogens is 3. The number of terminal acetylenes is 1. The number of amides is 1. The number of ether oxygens (including phenoxy) is 3. The average Bonchev–Trinajstić information content (AvgIpc) is 3.86. The van der Waals surface area contributed by atoms with E-state index in [0.717, 1.165) is 51.5 Å². The maximum Gasteiger partial charge on any atom is 0.413 e. The number of benzene rings is 2. The zero-order chi connectivity index (χ0) is 41.7. The molecule has 1 amide bonds. The number of alkyl halides is 1. The molecular formula is C45H49F3N6O6. The normalized spacial score (nSPS) is 24.8. The van der Waals surface area contributed by atoms with E-state index in [2.05, 4.69) is 20.8 Å². The minimum atomic E-state index is -0.984. The highest BCUT2D eigenvalue weighted by Gasteiger charge is 2.50. The summed E-state index contributed by atoms with van der Waals surface area (Å²) in [6, 6.07) is 4.67. The van der Waals surface area contributed by atoms with Crippen LogP contribution in [0.1, 0.15) is 89.5 Å². The molecule has 4 aliphatic heterocycles. The van der Waals surface area contributed by atoms with Crippen molar-refractivity contribution in [3.8, 4) is 35.4 Å². The quantitative estimate of drug-likeness (QED) is 0.0955. The zero-order valence-electron chi connectivity index (χ0n) is 33.7. The predicted octanol–water partition coefficient (Wildman–Crippen LogP) is 7.80. The third kappa shape index (κ3) is 7.30. The van der Waals surface area contributed by atoms with E-state index in [1.807, 2.05) is 11.8 Å². The van der Waals surface area contributed by atoms with Crippen LogP contribution in [0.5, 0.6) is 11.8 Å². The Hall–Kier alpha value is -5.36. The molecule has 1 saturated carbocycles. The van der Waals surface area contributed by atoms with Crippen LogP contribution < -0.4 is 9.64 Å². The zero-order valence-corrected chi connectivity index (χ0v) is 33.7. The van der Waals surface area contributed by atoms with Gasteiger partial charge in [-0.2, -0.15) is 9.97 Å². The third-order valence-electron chi connectivity index (χ3n) is 13.3. The van der Waals surface area contributed by atoms with Gasteiger partial charge >= 0.3 is 18.1 Å². The van der Waals surface area contributed by atoms with Gasteiger partial charge < -0.3 is 24.2 Å². The van der Waals surface area contributed by atoms with Crippen LogP contribution in [-0.4, -0.2) is 105 Å². The number of rotatable bonds is 10. The second kappa shape index (κ2) is 16.2. The van der Waals surface area contributed by atoms with Crippen molar-refractivity contribution >= 4 is 39.6 Å². The first-order valence-electron chi connectivity index (χ1n) is 21.3. The van der Waals surface area contributed by atoms with Crippen LogP contribution in [-0.2, 0) is 14.3 Å². The summed E-state index contributed by atoms with van der Waals surface area (Å²) >= 11 is 0. The molecule has 4 aromatic rings. The molecule has 12 nitrogen and oxygen atoms in total. The van der Waals surface area contributed by atoms with Crippen LogP contribution in [0.25, 0.3) is 32.9 Å². The molecule has 316 valence electrons. The lowest BCUT2D eigenvalue weighted by atomic mass is 9.89. The first-order valence-corrected chi connectivity index (χ1v) is 21.3. The van der Waals surface area contributed by atoms with E-state index in [4.69, 9.17) is 25.6 Å². The second-order valence-corrected chi connectivity index (χ2v) is 17.1. The van der Waals surface area contributed by atoms with E-state index < -0.39 is 35.7 Å². The molecule has 5 fully saturated rings. The summed E-state index contributed by atoms with van der Waals surface area (Å²) in [4.78, 5) is 46.4. The molecule has 2 aromatic heterocycles. The fraction of sp³-hybridized carbons (Fsp3) is 0.533. The molecule has 2 bridgehead atoms. The highest BCUT2D eigenvalue weighted by Crippen LogP contribution is 2.43. The fourth-order valence-electron chi connectivity index (χ4n) is 10.5. The van der Waals surface area contributed by atoms with Crippen LogP contribution in [0, 0.1) is 29.9 Å². The lowest BCUT2D eigenvalue weighted by Gasteiger charge is -2.42. The first kappa shape index (κ1) is 40.1. The van der Waals surface area contributed by atoms with Gasteiger partial charge in [0.15, 0.2) is 5.82 Å². The molecule has 4 saturated heterocycles. The molecule has 6 heterocycles. The summed E-state index contributed by atoms with van der Waals surface area (Å²) in [7, 11) is 0. The largest absolute Gasteiger partial charge is 0.508 e. The van der Waals surface area contributed by atoms with E-state index in [-0.39, 0.29) is 81.9 Å². The van der Waals surface area contributed by atoms with Gasteiger partial charge in [0.2, 0.25) is 0 Å². The van der Waals surface area contributed by atoms with Gasteiger partial charge in [-0.25, -0.2) is 18.0 Å². The minimum Gasteiger partial charge on any atom is -0.508 e. The standard InChI is InChI=1S/C45H49F3N6O6/c1-3-9-36(56)59-42(26-10-6-5-7-11-26)60-44(57)54-29-13-14-30(54)24-52(23-29)41-34-21-49-39(33-19-31(55)18-27-12-15-35(47)32(4-2)37(27)33)38(48)40(34)50-43(51-41)58-25-45-16-8-17-53(45)22-28(46)20-45/h2,12,15,18-19,21,26,28-30,42,55H,3,5-11,13-14,16-17,20,22-25H2,1H3/t28-,29?,30?,42?,45+/m1/s1. The first-order chi connectivity index (χ1) is 29.1. The van der Waals surface area contributed by atoms with Crippen LogP contribution >= 0.6 is 0 Å². The summed E-state index contributed by atoms with van der Waals surface area (Å²) in [5.41, 5.74) is -0.879. The molecule has 5 aliphatic rings. The Bertz CT molecular complexity index is 2360. The number of phenolic OH excluding ortho intramolecular Hbond substituents is 1. The number of aromatic nitrogens is 3. The lowest BCUT2D eigenvalue weighted by molar-refractivity contribution is -0.181. The summed E-state index contributed by atoms with van der Waals surface area (Å²) in [6.45, 7) is 3.74. The van der Waals surface area contributed by atoms with Crippen molar-refractivity contribution in [3.63, 3.8) is 0 Å². The molecule has 1 N–H and O–H groups in total. The van der Waals surface area contributed by atoms with Gasteiger partial charge in [0.25, 0.3) is 6.29 Å². The van der Waals surface area contributed by atoms with Crippen molar-refractivity contribution in [2.75, 3.05) is 37.7 Å². The number of hydrogen-bond donors (Lipinski definition) is 1. The SMILES string of the molecule is C#Cc1c(F)ccc2cc(O)cc(-c3ncc4c(N5CC6CCC(C5)N6C(=O)OC(OC(=O)CCC)C5CCCCC5)nc(OC[C@@]56CCCN5C[C@H](F)C6)nc4c3F)c12. The molecule has 0 radical (unpaired) electrons. The molecule has 3 unspecified atom stereocenters. The van der Waals surface area contributed by atoms with E-state index in [1.54, 1.807) is 4.90 Å². The average molecular weight is 827 g/mol. The smallest absolute Gasteiger partial charge is 0.413 e. The highest BCUT2D eigenvalue weighted by molar-refractivity contribution is 6.03. The number of aromatic hydroxyl groups is 1. The molecule has 1 aliphatic carbocycles. The molecule has 0 spiro atoms. The Kier molecular flexibility index (Phi) is 10.9. The predicted molar refractivity (Wildman–Crippen MR) is 217 cm³/mol. The monoisotopic (exact) mass is 826 g/mol. The van der Waals surface area contributed by atoms with E-state index in [9.17, 15) is 19.1 Å². The highest BCUT2D eigenvalue weighted by atomic mass is 19.1. The topological polar surface area (TPSA) is 130 Å². The third-order valence-corrected chi connectivity index (χ3v) is 13.3. The van der Waals surface area contributed by atoms with Crippen molar-refractivity contribution in [1.82, 2.24) is 24.8 Å². The van der Waals surface area contributed by atoms with E-state index in [0.29, 0.717) is 56.5 Å². The Morgan fingerprint density at radius 3 is 2.57 bits per heavy atom. The molecule has 60 heavy (non-hydrogen) atoms. The van der Waals surface area contributed by atoms with Gasteiger partial charge in [0.05, 0.1) is 28.6 Å². The number of carbonyl (C=O) groups is 2. The summed E-state index contributed by atoms with van der Waals surface area (Å²) in [5.74, 6) is 0.531. The van der Waals surface area contributed by atoms with Gasteiger partial charge in [-0.15, -0.1) is 6.42 Å². The van der Waals surface area contributed by atoms with Crippen LogP contribution in [0.3, 0.4) is 0 Å². The number of pyridine rings is 1. The summed E-state index contributed by atoms with van der Waals surface area (Å²) in [6.07, 6.45) is 13.6. The van der Waals surface area contributed by atoms with Crippen molar-refractivity contribution in [3.05, 3.63) is 47.7 Å². The van der Waals surface area contributed by atoms with Crippen molar-refractivity contribution < 1.29 is 42.1 Å². The molecule has 15 heteroatoms. The van der Waals surface area contributed by atoms with Gasteiger partial charge in [-0.1, -0.05) is 38.2 Å². The Morgan fingerprint density at radius 1 is 1.03 bits per heavy atom. The van der Waals surface area contributed by atoms with Crippen LogP contribution in [0.15, 0.2) is 30.5 Å². The van der Waals surface area contributed by atoms with Crippen molar-refractivity contribution in [2.45, 2.75) is 114 Å². The molecule has 5 atom stereocenters. The van der Waals surface area contributed by atoms with Gasteiger partial charge in [0.1, 0.15) is 41.4 Å². The maximum atomic E-state index is 17.2. The minimum absolute atomic E-state index is 0.0635. The Labute approximate surface area is 346 Å². The van der Waals surface area contributed by atoms with Crippen LogP contribution in [0.2, 0.25) is 0 Å². The molecular weight excluding hydrogens is 778 g/mol. The Balaban J connectivity index is 1.06. The lowest BCUT2D eigenvalue weighted by Crippen LogP contribution is -2.57. The number of carbonyl (C=O) groups excluding carboxylic acids is 2. The summed E-state index contributed by atoms with van der Waals surface area (Å²) in [5, 5.41) is 11.6. The van der Waals surface area contributed by atoms with Crippen molar-refractivity contribution in [1.29, 1.82) is 0 Å². The maximum absolute atomic E-state index is 17.2. The van der Waals surface area contributed by atoms with Crippen molar-refractivity contribution in [2.24, 2.45) is 5.92 Å². The number of anilines is 1. The fourth-order valence-corrected chi connectivity index (χ4v) is 10.5. The number of esters is 1. The van der Waals surface area contributed by atoms with Gasteiger partial charge in [-0.05, 0) is 75.1 Å². The second-order valence-electron chi connectivity index (χ2n) is 17.1. The van der Waals surface area contributed by atoms with Gasteiger partial charge in [0, 0.05) is 55.5 Å². The number of piperazine rings is 1. The van der Waals surface area contributed by atoms with Gasteiger partial charge in [-0.3, -0.25) is 19.6 Å². The summed E-state index contributed by atoms with van der Waals surface area (Å²) < 4.78 is 65.1.